The minimum atomic E-state index is 0.0577. The zero-order valence-electron chi connectivity index (χ0n) is 12.4. The first-order valence-corrected chi connectivity index (χ1v) is 7.92. The highest BCUT2D eigenvalue weighted by Crippen LogP contribution is 2.21. The largest absolute Gasteiger partial charge is 0.381 e. The minimum Gasteiger partial charge on any atom is -0.381 e. The summed E-state index contributed by atoms with van der Waals surface area (Å²) >= 11 is 0. The number of amides is 1. The topological polar surface area (TPSA) is 54.5 Å². The van der Waals surface area contributed by atoms with Crippen LogP contribution < -0.4 is 10.2 Å². The van der Waals surface area contributed by atoms with Gasteiger partial charge in [-0.3, -0.25) is 4.79 Å². The number of piperidine rings is 1. The molecular weight excluding hydrogens is 266 g/mol. The van der Waals surface area contributed by atoms with Crippen molar-refractivity contribution in [1.82, 2.24) is 4.98 Å². The van der Waals surface area contributed by atoms with Gasteiger partial charge in [-0.1, -0.05) is 0 Å². The number of carbonyl (C=O) groups is 1. The highest BCUT2D eigenvalue weighted by Gasteiger charge is 2.21. The van der Waals surface area contributed by atoms with Crippen molar-refractivity contribution in [2.45, 2.75) is 32.1 Å². The first kappa shape index (κ1) is 14.3. The molecule has 3 rings (SSSR count). The second-order valence-electron chi connectivity index (χ2n) is 5.83. The molecule has 0 spiro atoms. The predicted octanol–water partition coefficient (Wildman–Crippen LogP) is 2.44. The van der Waals surface area contributed by atoms with E-state index in [1.165, 1.54) is 19.3 Å². The molecule has 1 aromatic rings. The van der Waals surface area contributed by atoms with Crippen LogP contribution in [0.1, 0.15) is 32.1 Å². The Morgan fingerprint density at radius 1 is 1.19 bits per heavy atom. The van der Waals surface area contributed by atoms with Gasteiger partial charge in [0.15, 0.2) is 0 Å². The molecule has 0 atom stereocenters. The summed E-state index contributed by atoms with van der Waals surface area (Å²) in [6.45, 7) is 3.57. The van der Waals surface area contributed by atoms with E-state index in [9.17, 15) is 4.79 Å². The zero-order chi connectivity index (χ0) is 14.5. The Morgan fingerprint density at radius 2 is 1.95 bits per heavy atom. The standard InChI is InChI=1S/C16H23N3O2/c20-16(13-6-10-21-11-7-13)18-15-5-4-14(12-17-15)19-8-2-1-3-9-19/h4-5,12-13H,1-3,6-11H2,(H,17,18,20). The van der Waals surface area contributed by atoms with Crippen LogP contribution in [-0.4, -0.2) is 37.2 Å². The van der Waals surface area contributed by atoms with E-state index in [-0.39, 0.29) is 11.8 Å². The lowest BCUT2D eigenvalue weighted by atomic mass is 9.99. The monoisotopic (exact) mass is 289 g/mol. The summed E-state index contributed by atoms with van der Waals surface area (Å²) in [4.78, 5) is 18.9. The Balaban J connectivity index is 1.57. The third-order valence-electron chi connectivity index (χ3n) is 4.31. The molecule has 0 saturated carbocycles. The molecule has 2 fully saturated rings. The lowest BCUT2D eigenvalue weighted by molar-refractivity contribution is -0.122. The van der Waals surface area contributed by atoms with E-state index < -0.39 is 0 Å². The Labute approximate surface area is 125 Å². The van der Waals surface area contributed by atoms with E-state index in [2.05, 4.69) is 21.3 Å². The molecule has 0 aromatic carbocycles. The van der Waals surface area contributed by atoms with Crippen molar-refractivity contribution in [3.05, 3.63) is 18.3 Å². The number of hydrogen-bond donors (Lipinski definition) is 1. The van der Waals surface area contributed by atoms with Crippen LogP contribution in [0, 0.1) is 5.92 Å². The maximum Gasteiger partial charge on any atom is 0.228 e. The summed E-state index contributed by atoms with van der Waals surface area (Å²) in [6.07, 6.45) is 7.30. The molecule has 1 aromatic heterocycles. The Morgan fingerprint density at radius 3 is 2.62 bits per heavy atom. The molecule has 21 heavy (non-hydrogen) atoms. The normalized spacial score (nSPS) is 20.3. The summed E-state index contributed by atoms with van der Waals surface area (Å²) in [7, 11) is 0. The molecule has 114 valence electrons. The van der Waals surface area contributed by atoms with Crippen LogP contribution in [0.5, 0.6) is 0 Å². The second-order valence-corrected chi connectivity index (χ2v) is 5.83. The van der Waals surface area contributed by atoms with Crippen LogP contribution in [-0.2, 0) is 9.53 Å². The molecule has 0 unspecified atom stereocenters. The molecule has 2 saturated heterocycles. The van der Waals surface area contributed by atoms with Gasteiger partial charge in [0, 0.05) is 32.2 Å². The third kappa shape index (κ3) is 3.73. The molecule has 1 N–H and O–H groups in total. The quantitative estimate of drug-likeness (QED) is 0.928. The smallest absolute Gasteiger partial charge is 0.228 e. The van der Waals surface area contributed by atoms with Gasteiger partial charge in [-0.15, -0.1) is 0 Å². The number of pyridine rings is 1. The highest BCUT2D eigenvalue weighted by molar-refractivity contribution is 5.91. The lowest BCUT2D eigenvalue weighted by Gasteiger charge is -2.28. The fourth-order valence-corrected chi connectivity index (χ4v) is 2.99. The number of hydrogen-bond acceptors (Lipinski definition) is 4. The summed E-state index contributed by atoms with van der Waals surface area (Å²) in [5, 5.41) is 2.92. The first-order chi connectivity index (χ1) is 10.3. The summed E-state index contributed by atoms with van der Waals surface area (Å²) in [5.41, 5.74) is 1.15. The zero-order valence-corrected chi connectivity index (χ0v) is 12.4. The molecule has 0 bridgehead atoms. The van der Waals surface area contributed by atoms with Gasteiger partial charge in [0.05, 0.1) is 11.9 Å². The summed E-state index contributed by atoms with van der Waals surface area (Å²) in [6, 6.07) is 3.96. The van der Waals surface area contributed by atoms with E-state index in [0.717, 1.165) is 31.6 Å². The van der Waals surface area contributed by atoms with Crippen molar-refractivity contribution in [3.63, 3.8) is 0 Å². The van der Waals surface area contributed by atoms with Crippen molar-refractivity contribution >= 4 is 17.4 Å². The molecule has 3 heterocycles. The molecule has 1 amide bonds. The third-order valence-corrected chi connectivity index (χ3v) is 4.31. The van der Waals surface area contributed by atoms with Crippen LogP contribution in [0.3, 0.4) is 0 Å². The van der Waals surface area contributed by atoms with Gasteiger partial charge < -0.3 is 15.0 Å². The minimum absolute atomic E-state index is 0.0577. The number of ether oxygens (including phenoxy) is 1. The van der Waals surface area contributed by atoms with Crippen molar-refractivity contribution in [2.24, 2.45) is 5.92 Å². The number of rotatable bonds is 3. The van der Waals surface area contributed by atoms with Crippen molar-refractivity contribution in [2.75, 3.05) is 36.5 Å². The predicted molar refractivity (Wildman–Crippen MR) is 82.5 cm³/mol. The summed E-state index contributed by atoms with van der Waals surface area (Å²) < 4.78 is 5.28. The van der Waals surface area contributed by atoms with E-state index in [4.69, 9.17) is 4.74 Å². The molecular formula is C16H23N3O2. The molecule has 0 radical (unpaired) electrons. The van der Waals surface area contributed by atoms with Gasteiger partial charge >= 0.3 is 0 Å². The van der Waals surface area contributed by atoms with Gasteiger partial charge in [0.1, 0.15) is 5.82 Å². The van der Waals surface area contributed by atoms with Crippen molar-refractivity contribution < 1.29 is 9.53 Å². The maximum atomic E-state index is 12.1. The fourth-order valence-electron chi connectivity index (χ4n) is 2.99. The van der Waals surface area contributed by atoms with Crippen molar-refractivity contribution in [3.8, 4) is 0 Å². The molecule has 2 aliphatic heterocycles. The van der Waals surface area contributed by atoms with Gasteiger partial charge in [0.25, 0.3) is 0 Å². The van der Waals surface area contributed by atoms with E-state index in [1.54, 1.807) is 0 Å². The number of nitrogens with one attached hydrogen (secondary N) is 1. The highest BCUT2D eigenvalue weighted by atomic mass is 16.5. The second kappa shape index (κ2) is 6.89. The van der Waals surface area contributed by atoms with Crippen LogP contribution in [0.2, 0.25) is 0 Å². The molecule has 2 aliphatic rings. The number of nitrogens with zero attached hydrogens (tertiary/aromatic N) is 2. The first-order valence-electron chi connectivity index (χ1n) is 7.92. The van der Waals surface area contributed by atoms with Crippen LogP contribution in [0.4, 0.5) is 11.5 Å². The average Bonchev–Trinajstić information content (AvgIpc) is 2.57. The number of aromatic nitrogens is 1. The fraction of sp³-hybridized carbons (Fsp3) is 0.625. The number of anilines is 2. The average molecular weight is 289 g/mol. The van der Waals surface area contributed by atoms with E-state index in [0.29, 0.717) is 19.0 Å². The van der Waals surface area contributed by atoms with E-state index in [1.807, 2.05) is 12.3 Å². The molecule has 5 nitrogen and oxygen atoms in total. The summed E-state index contributed by atoms with van der Waals surface area (Å²) in [5.74, 6) is 0.770. The lowest BCUT2D eigenvalue weighted by Crippen LogP contribution is -2.30. The van der Waals surface area contributed by atoms with E-state index >= 15 is 0 Å². The Bertz CT molecular complexity index is 463. The van der Waals surface area contributed by atoms with Gasteiger partial charge in [-0.05, 0) is 44.2 Å². The van der Waals surface area contributed by atoms with Crippen molar-refractivity contribution in [1.29, 1.82) is 0 Å². The van der Waals surface area contributed by atoms with Gasteiger partial charge in [-0.2, -0.15) is 0 Å². The molecule has 0 aliphatic carbocycles. The van der Waals surface area contributed by atoms with Gasteiger partial charge in [0.2, 0.25) is 5.91 Å². The van der Waals surface area contributed by atoms with Crippen LogP contribution >= 0.6 is 0 Å². The Hall–Kier alpha value is -1.62. The van der Waals surface area contributed by atoms with Gasteiger partial charge in [-0.25, -0.2) is 4.98 Å². The molecule has 5 heteroatoms. The Kier molecular flexibility index (Phi) is 4.70. The maximum absolute atomic E-state index is 12.1. The SMILES string of the molecule is O=C(Nc1ccc(N2CCCCC2)cn1)C1CCOCC1. The number of carbonyl (C=O) groups excluding carboxylic acids is 1. The van der Waals surface area contributed by atoms with Crippen LogP contribution in [0.15, 0.2) is 18.3 Å². The van der Waals surface area contributed by atoms with Crippen LogP contribution in [0.25, 0.3) is 0 Å².